The van der Waals surface area contributed by atoms with Crippen molar-refractivity contribution in [2.45, 2.75) is 51.7 Å². The number of rotatable bonds is 5. The molecule has 2 aromatic carbocycles. The SMILES string of the molecule is Cc1cc(C)c2oc(Nc3ccc(-c4nn([C@H]5CC[C@H](OC(=O)N(C)C)CC5)c5ncnc(N)c45)cc3F)nc2c1. The summed E-state index contributed by atoms with van der Waals surface area (Å²) in [6.07, 6.45) is 3.80. The second-order valence-corrected chi connectivity index (χ2v) is 10.7. The Morgan fingerprint density at radius 2 is 1.93 bits per heavy atom. The van der Waals surface area contributed by atoms with Crippen molar-refractivity contribution in [3.63, 3.8) is 0 Å². The molecule has 1 amide bonds. The van der Waals surface area contributed by atoms with E-state index < -0.39 is 5.82 Å². The Kier molecular flexibility index (Phi) is 6.68. The smallest absolute Gasteiger partial charge is 0.409 e. The first kappa shape index (κ1) is 26.5. The van der Waals surface area contributed by atoms with Gasteiger partial charge in [-0.1, -0.05) is 12.1 Å². The number of fused-ring (bicyclic) bond motifs is 2. The Balaban J connectivity index is 1.28. The largest absolute Gasteiger partial charge is 0.446 e. The molecule has 11 nitrogen and oxygen atoms in total. The minimum absolute atomic E-state index is 0.0203. The first-order chi connectivity index (χ1) is 19.7. The number of hydrogen-bond donors (Lipinski definition) is 2. The fraction of sp³-hybridized carbons (Fsp3) is 0.345. The summed E-state index contributed by atoms with van der Waals surface area (Å²) in [6, 6.07) is 8.94. The van der Waals surface area contributed by atoms with E-state index in [0.717, 1.165) is 24.0 Å². The van der Waals surface area contributed by atoms with E-state index in [1.165, 1.54) is 17.3 Å². The van der Waals surface area contributed by atoms with Crippen LogP contribution in [0.2, 0.25) is 0 Å². The Morgan fingerprint density at radius 3 is 2.66 bits per heavy atom. The molecule has 0 aliphatic heterocycles. The normalized spacial score (nSPS) is 17.2. The molecular formula is C29H31FN8O3. The second kappa shape index (κ2) is 10.3. The number of nitrogens with zero attached hydrogens (tertiary/aromatic N) is 6. The molecule has 212 valence electrons. The lowest BCUT2D eigenvalue weighted by Crippen LogP contribution is -2.31. The van der Waals surface area contributed by atoms with Crippen molar-refractivity contribution in [2.75, 3.05) is 25.1 Å². The van der Waals surface area contributed by atoms with E-state index in [4.69, 9.17) is 20.0 Å². The van der Waals surface area contributed by atoms with Crippen molar-refractivity contribution in [3.05, 3.63) is 53.6 Å². The number of ether oxygens (including phenoxy) is 1. The predicted octanol–water partition coefficient (Wildman–Crippen LogP) is 5.90. The highest BCUT2D eigenvalue weighted by molar-refractivity contribution is 5.98. The molecule has 0 bridgehead atoms. The summed E-state index contributed by atoms with van der Waals surface area (Å²) in [6.45, 7) is 3.94. The fourth-order valence-electron chi connectivity index (χ4n) is 5.42. The number of aromatic nitrogens is 5. The highest BCUT2D eigenvalue weighted by Crippen LogP contribution is 2.37. The van der Waals surface area contributed by atoms with Gasteiger partial charge in [-0.15, -0.1) is 0 Å². The number of carbonyl (C=O) groups excluding carboxylic acids is 1. The topological polar surface area (TPSA) is 137 Å². The van der Waals surface area contributed by atoms with Crippen LogP contribution in [0.5, 0.6) is 0 Å². The number of aryl methyl sites for hydroxylation is 2. The van der Waals surface area contributed by atoms with Crippen molar-refractivity contribution in [3.8, 4) is 11.3 Å². The summed E-state index contributed by atoms with van der Waals surface area (Å²) < 4.78 is 28.7. The number of amides is 1. The third-order valence-corrected chi connectivity index (χ3v) is 7.44. The summed E-state index contributed by atoms with van der Waals surface area (Å²) in [7, 11) is 3.33. The van der Waals surface area contributed by atoms with Crippen LogP contribution in [0.1, 0.15) is 42.9 Å². The molecule has 0 spiro atoms. The number of anilines is 3. The number of nitrogen functional groups attached to an aromatic ring is 1. The van der Waals surface area contributed by atoms with Crippen LogP contribution in [-0.4, -0.2) is 55.9 Å². The van der Waals surface area contributed by atoms with Gasteiger partial charge in [0, 0.05) is 19.7 Å². The summed E-state index contributed by atoms with van der Waals surface area (Å²) in [5.41, 5.74) is 11.5. The van der Waals surface area contributed by atoms with Gasteiger partial charge in [-0.3, -0.25) is 0 Å². The number of nitrogens with two attached hydrogens (primary N) is 1. The first-order valence-corrected chi connectivity index (χ1v) is 13.5. The molecule has 3 N–H and O–H groups in total. The molecule has 0 unspecified atom stereocenters. The molecule has 12 heteroatoms. The predicted molar refractivity (Wildman–Crippen MR) is 153 cm³/mol. The zero-order valence-corrected chi connectivity index (χ0v) is 23.3. The standard InChI is InChI=1S/C29H31FN8O3/c1-15-11-16(2)25-22(12-15)35-28(41-25)34-21-10-5-17(13-20(21)30)24-23-26(31)32-14-33-27(23)38(36-24)18-6-8-19(9-7-18)40-29(39)37(3)4/h5,10-14,18-19H,6-9H2,1-4H3,(H,34,35)(H2,31,32,33)/t18-,19-. The molecule has 41 heavy (non-hydrogen) atoms. The van der Waals surface area contributed by atoms with E-state index in [1.54, 1.807) is 26.2 Å². The number of nitrogens with one attached hydrogen (secondary N) is 1. The van der Waals surface area contributed by atoms with Gasteiger partial charge in [-0.05, 0) is 68.9 Å². The van der Waals surface area contributed by atoms with Gasteiger partial charge in [0.25, 0.3) is 6.01 Å². The molecule has 5 aromatic rings. The maximum atomic E-state index is 15.4. The van der Waals surface area contributed by atoms with E-state index in [2.05, 4.69) is 20.3 Å². The summed E-state index contributed by atoms with van der Waals surface area (Å²) in [5, 5.41) is 8.38. The van der Waals surface area contributed by atoms with Crippen LogP contribution in [0.4, 0.5) is 26.7 Å². The quantitative estimate of drug-likeness (QED) is 0.270. The van der Waals surface area contributed by atoms with Crippen LogP contribution >= 0.6 is 0 Å². The van der Waals surface area contributed by atoms with Crippen LogP contribution in [0, 0.1) is 19.7 Å². The molecule has 0 saturated heterocycles. The molecule has 1 fully saturated rings. The highest BCUT2D eigenvalue weighted by Gasteiger charge is 2.29. The lowest BCUT2D eigenvalue weighted by Gasteiger charge is -2.29. The van der Waals surface area contributed by atoms with Crippen molar-refractivity contribution in [1.29, 1.82) is 0 Å². The Hall–Kier alpha value is -4.74. The van der Waals surface area contributed by atoms with Gasteiger partial charge in [-0.25, -0.2) is 23.8 Å². The number of carbonyl (C=O) groups is 1. The third-order valence-electron chi connectivity index (χ3n) is 7.44. The maximum Gasteiger partial charge on any atom is 0.409 e. The molecule has 1 aliphatic rings. The van der Waals surface area contributed by atoms with E-state index >= 15 is 4.39 Å². The van der Waals surface area contributed by atoms with E-state index in [9.17, 15) is 4.79 Å². The Labute approximate surface area is 235 Å². The number of oxazole rings is 1. The Bertz CT molecular complexity index is 1770. The van der Waals surface area contributed by atoms with Crippen LogP contribution < -0.4 is 11.1 Å². The van der Waals surface area contributed by atoms with Gasteiger partial charge in [0.1, 0.15) is 35.3 Å². The zero-order valence-electron chi connectivity index (χ0n) is 23.3. The average Bonchev–Trinajstić information content (AvgIpc) is 3.53. The van der Waals surface area contributed by atoms with Gasteiger partial charge in [0.2, 0.25) is 0 Å². The molecule has 6 rings (SSSR count). The summed E-state index contributed by atoms with van der Waals surface area (Å²) >= 11 is 0. The van der Waals surface area contributed by atoms with Crippen molar-refractivity contribution in [2.24, 2.45) is 0 Å². The van der Waals surface area contributed by atoms with Crippen molar-refractivity contribution in [1.82, 2.24) is 29.6 Å². The number of benzene rings is 2. The molecule has 3 aromatic heterocycles. The van der Waals surface area contributed by atoms with Gasteiger partial charge in [0.15, 0.2) is 11.2 Å². The zero-order chi connectivity index (χ0) is 28.8. The maximum absolute atomic E-state index is 15.4. The van der Waals surface area contributed by atoms with E-state index in [0.29, 0.717) is 46.2 Å². The molecule has 0 atom stereocenters. The number of halogens is 1. The van der Waals surface area contributed by atoms with Gasteiger partial charge in [-0.2, -0.15) is 10.1 Å². The van der Waals surface area contributed by atoms with Crippen LogP contribution in [0.15, 0.2) is 41.1 Å². The van der Waals surface area contributed by atoms with Crippen LogP contribution in [-0.2, 0) is 4.74 Å². The average molecular weight is 559 g/mol. The first-order valence-electron chi connectivity index (χ1n) is 13.5. The van der Waals surface area contributed by atoms with Gasteiger partial charge < -0.3 is 25.1 Å². The van der Waals surface area contributed by atoms with E-state index in [1.807, 2.05) is 30.7 Å². The lowest BCUT2D eigenvalue weighted by molar-refractivity contribution is 0.0472. The highest BCUT2D eigenvalue weighted by atomic mass is 19.1. The number of hydrogen-bond acceptors (Lipinski definition) is 9. The second-order valence-electron chi connectivity index (χ2n) is 10.7. The lowest BCUT2D eigenvalue weighted by atomic mass is 9.93. The fourth-order valence-corrected chi connectivity index (χ4v) is 5.42. The van der Waals surface area contributed by atoms with Crippen molar-refractivity contribution < 1.29 is 18.3 Å². The monoisotopic (exact) mass is 558 g/mol. The summed E-state index contributed by atoms with van der Waals surface area (Å²) in [5.74, 6) is -0.233. The minimum atomic E-state index is -0.501. The van der Waals surface area contributed by atoms with E-state index in [-0.39, 0.29) is 35.8 Å². The van der Waals surface area contributed by atoms with Crippen LogP contribution in [0.3, 0.4) is 0 Å². The van der Waals surface area contributed by atoms with Gasteiger partial charge >= 0.3 is 6.09 Å². The minimum Gasteiger partial charge on any atom is -0.446 e. The van der Waals surface area contributed by atoms with Crippen LogP contribution in [0.25, 0.3) is 33.4 Å². The summed E-state index contributed by atoms with van der Waals surface area (Å²) in [4.78, 5) is 26.5. The molecule has 0 radical (unpaired) electrons. The van der Waals surface area contributed by atoms with Gasteiger partial charge in [0.05, 0.1) is 17.1 Å². The molecule has 3 heterocycles. The molecule has 1 aliphatic carbocycles. The Morgan fingerprint density at radius 1 is 1.15 bits per heavy atom. The van der Waals surface area contributed by atoms with Crippen molar-refractivity contribution >= 4 is 45.7 Å². The molecular weight excluding hydrogens is 527 g/mol. The third kappa shape index (κ3) is 5.01. The molecule has 1 saturated carbocycles.